The normalized spacial score (nSPS) is 14.5. The van der Waals surface area contributed by atoms with Gasteiger partial charge in [-0.3, -0.25) is 4.79 Å². The summed E-state index contributed by atoms with van der Waals surface area (Å²) in [6, 6.07) is 7.32. The van der Waals surface area contributed by atoms with Gasteiger partial charge < -0.3 is 14.5 Å². The SMILES string of the molecule is CCOC(=O)N1CCN(C(=O)c2ccc(-c3nnn(C(C)C)n3)cc2)CC1. The second-order valence-corrected chi connectivity index (χ2v) is 6.58. The van der Waals surface area contributed by atoms with Crippen LogP contribution in [0.4, 0.5) is 4.79 Å². The number of carbonyl (C=O) groups is 2. The van der Waals surface area contributed by atoms with Gasteiger partial charge in [-0.1, -0.05) is 12.1 Å². The number of hydrogen-bond donors (Lipinski definition) is 0. The molecule has 9 nitrogen and oxygen atoms in total. The summed E-state index contributed by atoms with van der Waals surface area (Å²) < 4.78 is 5.00. The van der Waals surface area contributed by atoms with Crippen LogP contribution in [0.25, 0.3) is 11.4 Å². The molecule has 27 heavy (non-hydrogen) atoms. The fourth-order valence-electron chi connectivity index (χ4n) is 2.81. The molecule has 2 heterocycles. The summed E-state index contributed by atoms with van der Waals surface area (Å²) in [5, 5.41) is 12.4. The van der Waals surface area contributed by atoms with Crippen LogP contribution in [-0.2, 0) is 4.74 Å². The standard InChI is InChI=1S/C18H24N6O3/c1-4-27-18(26)23-11-9-22(10-12-23)17(25)15-7-5-14(6-8-15)16-19-21-24(20-16)13(2)3/h5-8,13H,4,9-12H2,1-3H3. The van der Waals surface area contributed by atoms with E-state index in [0.717, 1.165) is 5.56 Å². The van der Waals surface area contributed by atoms with Gasteiger partial charge in [0, 0.05) is 37.3 Å². The summed E-state index contributed by atoms with van der Waals surface area (Å²) in [6.45, 7) is 8.03. The van der Waals surface area contributed by atoms with Crippen molar-refractivity contribution >= 4 is 12.0 Å². The molecule has 2 amide bonds. The minimum absolute atomic E-state index is 0.0520. The zero-order chi connectivity index (χ0) is 19.4. The smallest absolute Gasteiger partial charge is 0.409 e. The van der Waals surface area contributed by atoms with E-state index >= 15 is 0 Å². The van der Waals surface area contributed by atoms with Crippen LogP contribution in [0.5, 0.6) is 0 Å². The van der Waals surface area contributed by atoms with Crippen LogP contribution in [0, 0.1) is 0 Å². The Hall–Kier alpha value is -2.97. The molecule has 3 rings (SSSR count). The van der Waals surface area contributed by atoms with Crippen LogP contribution in [0.15, 0.2) is 24.3 Å². The zero-order valence-electron chi connectivity index (χ0n) is 15.8. The fourth-order valence-corrected chi connectivity index (χ4v) is 2.81. The summed E-state index contributed by atoms with van der Waals surface area (Å²) in [4.78, 5) is 29.4. The summed E-state index contributed by atoms with van der Waals surface area (Å²) in [5.41, 5.74) is 1.41. The molecular formula is C18H24N6O3. The van der Waals surface area contributed by atoms with Crippen LogP contribution in [-0.4, -0.2) is 74.8 Å². The van der Waals surface area contributed by atoms with E-state index in [4.69, 9.17) is 4.74 Å². The number of nitrogens with zero attached hydrogens (tertiary/aromatic N) is 6. The molecule has 1 aliphatic heterocycles. The van der Waals surface area contributed by atoms with Crippen molar-refractivity contribution in [3.05, 3.63) is 29.8 Å². The predicted octanol–water partition coefficient (Wildman–Crippen LogP) is 1.84. The Bertz CT molecular complexity index is 794. The van der Waals surface area contributed by atoms with Crippen molar-refractivity contribution in [2.45, 2.75) is 26.8 Å². The first-order valence-corrected chi connectivity index (χ1v) is 9.10. The fraction of sp³-hybridized carbons (Fsp3) is 0.500. The highest BCUT2D eigenvalue weighted by Crippen LogP contribution is 2.17. The van der Waals surface area contributed by atoms with Gasteiger partial charge in [-0.15, -0.1) is 10.2 Å². The molecule has 0 aliphatic carbocycles. The van der Waals surface area contributed by atoms with Crippen molar-refractivity contribution < 1.29 is 14.3 Å². The molecule has 1 saturated heterocycles. The van der Waals surface area contributed by atoms with E-state index in [2.05, 4.69) is 15.4 Å². The number of aromatic nitrogens is 4. The molecule has 1 fully saturated rings. The van der Waals surface area contributed by atoms with E-state index < -0.39 is 0 Å². The molecule has 2 aromatic rings. The first kappa shape index (κ1) is 18.8. The maximum Gasteiger partial charge on any atom is 0.409 e. The lowest BCUT2D eigenvalue weighted by Crippen LogP contribution is -2.50. The van der Waals surface area contributed by atoms with Gasteiger partial charge in [-0.25, -0.2) is 4.79 Å². The molecule has 0 N–H and O–H groups in total. The molecule has 0 saturated carbocycles. The number of piperazine rings is 1. The van der Waals surface area contributed by atoms with Gasteiger partial charge in [0.2, 0.25) is 5.82 Å². The van der Waals surface area contributed by atoms with E-state index in [1.807, 2.05) is 26.0 Å². The monoisotopic (exact) mass is 372 g/mol. The highest BCUT2D eigenvalue weighted by Gasteiger charge is 2.25. The third kappa shape index (κ3) is 4.24. The second-order valence-electron chi connectivity index (χ2n) is 6.58. The average Bonchev–Trinajstić information content (AvgIpc) is 3.18. The lowest BCUT2D eigenvalue weighted by atomic mass is 10.1. The molecule has 1 aromatic heterocycles. The van der Waals surface area contributed by atoms with Crippen molar-refractivity contribution in [2.24, 2.45) is 0 Å². The quantitative estimate of drug-likeness (QED) is 0.813. The largest absolute Gasteiger partial charge is 0.450 e. The van der Waals surface area contributed by atoms with Gasteiger partial charge in [-0.05, 0) is 38.1 Å². The number of rotatable bonds is 4. The number of benzene rings is 1. The van der Waals surface area contributed by atoms with Crippen molar-refractivity contribution in [2.75, 3.05) is 32.8 Å². The number of carbonyl (C=O) groups excluding carboxylic acids is 2. The van der Waals surface area contributed by atoms with E-state index in [9.17, 15) is 9.59 Å². The Morgan fingerprint density at radius 2 is 1.70 bits per heavy atom. The molecule has 1 aromatic carbocycles. The maximum atomic E-state index is 12.7. The highest BCUT2D eigenvalue weighted by atomic mass is 16.6. The lowest BCUT2D eigenvalue weighted by molar-refractivity contribution is 0.0570. The van der Waals surface area contributed by atoms with Crippen molar-refractivity contribution in [1.82, 2.24) is 30.0 Å². The van der Waals surface area contributed by atoms with E-state index in [0.29, 0.717) is 44.2 Å². The van der Waals surface area contributed by atoms with E-state index in [1.165, 1.54) is 0 Å². The minimum atomic E-state index is -0.323. The second kappa shape index (κ2) is 8.15. The molecule has 0 radical (unpaired) electrons. The van der Waals surface area contributed by atoms with Crippen molar-refractivity contribution in [3.8, 4) is 11.4 Å². The molecule has 0 spiro atoms. The Morgan fingerprint density at radius 1 is 1.07 bits per heavy atom. The van der Waals surface area contributed by atoms with Gasteiger partial charge in [0.05, 0.1) is 12.6 Å². The molecular weight excluding hydrogens is 348 g/mol. The van der Waals surface area contributed by atoms with E-state index in [-0.39, 0.29) is 18.0 Å². The Kier molecular flexibility index (Phi) is 5.68. The molecule has 0 atom stereocenters. The van der Waals surface area contributed by atoms with E-state index in [1.54, 1.807) is 33.7 Å². The number of ether oxygens (including phenoxy) is 1. The first-order valence-electron chi connectivity index (χ1n) is 9.10. The molecule has 0 bridgehead atoms. The Balaban J connectivity index is 1.62. The Labute approximate surface area is 157 Å². The zero-order valence-corrected chi connectivity index (χ0v) is 15.8. The van der Waals surface area contributed by atoms with Gasteiger partial charge in [-0.2, -0.15) is 4.80 Å². The van der Waals surface area contributed by atoms with Crippen LogP contribution in [0.2, 0.25) is 0 Å². The molecule has 144 valence electrons. The third-order valence-corrected chi connectivity index (χ3v) is 4.37. The molecule has 0 unspecified atom stereocenters. The van der Waals surface area contributed by atoms with Gasteiger partial charge in [0.25, 0.3) is 5.91 Å². The van der Waals surface area contributed by atoms with Gasteiger partial charge in [0.15, 0.2) is 0 Å². The summed E-state index contributed by atoms with van der Waals surface area (Å²) in [5.74, 6) is 0.481. The van der Waals surface area contributed by atoms with Crippen LogP contribution >= 0.6 is 0 Å². The van der Waals surface area contributed by atoms with Crippen LogP contribution < -0.4 is 0 Å². The summed E-state index contributed by atoms with van der Waals surface area (Å²) >= 11 is 0. The number of tetrazole rings is 1. The van der Waals surface area contributed by atoms with Crippen LogP contribution in [0.3, 0.4) is 0 Å². The first-order chi connectivity index (χ1) is 13.0. The summed E-state index contributed by atoms with van der Waals surface area (Å²) in [7, 11) is 0. The van der Waals surface area contributed by atoms with Crippen molar-refractivity contribution in [1.29, 1.82) is 0 Å². The third-order valence-electron chi connectivity index (χ3n) is 4.37. The highest BCUT2D eigenvalue weighted by molar-refractivity contribution is 5.94. The number of hydrogen-bond acceptors (Lipinski definition) is 6. The number of amides is 2. The maximum absolute atomic E-state index is 12.7. The van der Waals surface area contributed by atoms with Crippen LogP contribution in [0.1, 0.15) is 37.2 Å². The minimum Gasteiger partial charge on any atom is -0.450 e. The predicted molar refractivity (Wildman–Crippen MR) is 98.1 cm³/mol. The Morgan fingerprint density at radius 3 is 2.26 bits per heavy atom. The molecule has 1 aliphatic rings. The lowest BCUT2D eigenvalue weighted by Gasteiger charge is -2.34. The molecule has 9 heteroatoms. The van der Waals surface area contributed by atoms with Crippen molar-refractivity contribution in [3.63, 3.8) is 0 Å². The average molecular weight is 372 g/mol. The van der Waals surface area contributed by atoms with Gasteiger partial charge in [0.1, 0.15) is 0 Å². The van der Waals surface area contributed by atoms with Gasteiger partial charge >= 0.3 is 6.09 Å². The topological polar surface area (TPSA) is 93.5 Å². The summed E-state index contributed by atoms with van der Waals surface area (Å²) in [6.07, 6.45) is -0.323.